The fourth-order valence-corrected chi connectivity index (χ4v) is 3.28. The predicted molar refractivity (Wildman–Crippen MR) is 105 cm³/mol. The summed E-state index contributed by atoms with van der Waals surface area (Å²) in [6.45, 7) is 0.137. The van der Waals surface area contributed by atoms with E-state index < -0.39 is 0 Å². The Kier molecular flexibility index (Phi) is 5.58. The van der Waals surface area contributed by atoms with Crippen LogP contribution in [0.3, 0.4) is 0 Å². The van der Waals surface area contributed by atoms with Gasteiger partial charge in [-0.3, -0.25) is 9.59 Å². The molecule has 0 radical (unpaired) electrons. The molecule has 0 fully saturated rings. The number of nitrogens with one attached hydrogen (secondary N) is 2. The molecule has 7 heteroatoms. The number of aromatic nitrogens is 2. The van der Waals surface area contributed by atoms with Crippen LogP contribution in [0.1, 0.15) is 16.2 Å². The maximum atomic E-state index is 12.6. The predicted octanol–water partition coefficient (Wildman–Crippen LogP) is 2.90. The van der Waals surface area contributed by atoms with Crippen molar-refractivity contribution in [2.45, 2.75) is 12.3 Å². The van der Waals surface area contributed by atoms with Crippen molar-refractivity contribution < 1.29 is 9.59 Å². The summed E-state index contributed by atoms with van der Waals surface area (Å²) in [5.41, 5.74) is 2.72. The highest BCUT2D eigenvalue weighted by Gasteiger charge is 2.15. The molecule has 0 spiro atoms. The smallest absolute Gasteiger partial charge is 0.253 e. The van der Waals surface area contributed by atoms with Gasteiger partial charge in [0.1, 0.15) is 12.4 Å². The molecule has 0 aliphatic heterocycles. The molecule has 2 amide bonds. The number of carbonyl (C=O) groups excluding carboxylic acids is 2. The van der Waals surface area contributed by atoms with Crippen molar-refractivity contribution in [3.8, 4) is 0 Å². The van der Waals surface area contributed by atoms with Crippen LogP contribution in [0.2, 0.25) is 0 Å². The third-order valence-electron chi connectivity index (χ3n) is 3.98. The molecule has 134 valence electrons. The van der Waals surface area contributed by atoms with E-state index in [4.69, 9.17) is 0 Å². The van der Waals surface area contributed by atoms with E-state index in [1.54, 1.807) is 43.1 Å². The quantitative estimate of drug-likeness (QED) is 0.701. The summed E-state index contributed by atoms with van der Waals surface area (Å²) in [6.07, 6.45) is 2.00. The molecule has 0 unspecified atom stereocenters. The van der Waals surface area contributed by atoms with Crippen LogP contribution >= 0.6 is 11.8 Å². The second kappa shape index (κ2) is 8.05. The van der Waals surface area contributed by atoms with Gasteiger partial charge in [0.2, 0.25) is 5.91 Å². The van der Waals surface area contributed by atoms with Crippen molar-refractivity contribution in [1.82, 2.24) is 14.9 Å². The first-order valence-corrected chi connectivity index (χ1v) is 9.57. The number of benzene rings is 2. The Labute approximate surface area is 156 Å². The fourth-order valence-electron chi connectivity index (χ4n) is 2.80. The zero-order chi connectivity index (χ0) is 18.5. The number of rotatable bonds is 6. The standard InChI is InChI=1S/C19H20N4O2S/c1-20-19(25)13-7-3-4-8-14(13)22-18(24)11-23-16-10-6-5-9-15(16)21-17(23)12-26-2/h3-10H,11-12H2,1-2H3,(H,20,25)(H,22,24). The lowest BCUT2D eigenvalue weighted by Crippen LogP contribution is -2.24. The minimum atomic E-state index is -0.239. The number of thioether (sulfide) groups is 1. The van der Waals surface area contributed by atoms with Crippen LogP contribution in [0, 0.1) is 0 Å². The van der Waals surface area contributed by atoms with Gasteiger partial charge in [-0.05, 0) is 30.5 Å². The van der Waals surface area contributed by atoms with E-state index in [1.165, 1.54) is 0 Å². The largest absolute Gasteiger partial charge is 0.355 e. The van der Waals surface area contributed by atoms with E-state index in [0.29, 0.717) is 11.3 Å². The minimum absolute atomic E-state index is 0.137. The molecule has 0 aliphatic rings. The molecule has 0 saturated carbocycles. The number of anilines is 1. The highest BCUT2D eigenvalue weighted by atomic mass is 32.2. The second-order valence-electron chi connectivity index (χ2n) is 5.71. The van der Waals surface area contributed by atoms with E-state index in [-0.39, 0.29) is 18.4 Å². The van der Waals surface area contributed by atoms with Crippen LogP contribution in [-0.4, -0.2) is 34.7 Å². The van der Waals surface area contributed by atoms with E-state index in [0.717, 1.165) is 22.6 Å². The molecular weight excluding hydrogens is 348 g/mol. The summed E-state index contributed by atoms with van der Waals surface area (Å²) in [7, 11) is 1.56. The first-order chi connectivity index (χ1) is 12.6. The average Bonchev–Trinajstić information content (AvgIpc) is 2.99. The third-order valence-corrected chi connectivity index (χ3v) is 4.53. The number of carbonyl (C=O) groups is 2. The van der Waals surface area contributed by atoms with Crippen LogP contribution in [-0.2, 0) is 17.1 Å². The molecule has 1 aromatic heterocycles. The summed E-state index contributed by atoms with van der Waals surface area (Å²) in [5.74, 6) is 1.13. The van der Waals surface area contributed by atoms with Crippen LogP contribution in [0.4, 0.5) is 5.69 Å². The highest BCUT2D eigenvalue weighted by molar-refractivity contribution is 7.97. The zero-order valence-corrected chi connectivity index (χ0v) is 15.5. The third kappa shape index (κ3) is 3.72. The number of fused-ring (bicyclic) bond motifs is 1. The van der Waals surface area contributed by atoms with Gasteiger partial charge in [0.15, 0.2) is 0 Å². The van der Waals surface area contributed by atoms with Crippen molar-refractivity contribution in [1.29, 1.82) is 0 Å². The molecule has 2 aromatic carbocycles. The van der Waals surface area contributed by atoms with E-state index in [9.17, 15) is 9.59 Å². The van der Waals surface area contributed by atoms with Gasteiger partial charge in [0.05, 0.1) is 28.0 Å². The van der Waals surface area contributed by atoms with Gasteiger partial charge in [-0.15, -0.1) is 0 Å². The average molecular weight is 368 g/mol. The van der Waals surface area contributed by atoms with Crippen molar-refractivity contribution in [2.24, 2.45) is 0 Å². The maximum absolute atomic E-state index is 12.6. The Morgan fingerprint density at radius 3 is 2.62 bits per heavy atom. The van der Waals surface area contributed by atoms with Crippen LogP contribution in [0.25, 0.3) is 11.0 Å². The van der Waals surface area contributed by atoms with Crippen LogP contribution in [0.5, 0.6) is 0 Å². The number of para-hydroxylation sites is 3. The molecule has 0 bridgehead atoms. The second-order valence-corrected chi connectivity index (χ2v) is 6.57. The molecule has 6 nitrogen and oxygen atoms in total. The summed E-state index contributed by atoms with van der Waals surface area (Å²) >= 11 is 1.66. The molecule has 0 saturated heterocycles. The fraction of sp³-hybridized carbons (Fsp3) is 0.211. The van der Waals surface area contributed by atoms with Gasteiger partial charge in [0.25, 0.3) is 5.91 Å². The van der Waals surface area contributed by atoms with Crippen molar-refractivity contribution in [3.05, 3.63) is 59.9 Å². The summed E-state index contributed by atoms with van der Waals surface area (Å²) in [6, 6.07) is 14.7. The Bertz CT molecular complexity index is 952. The minimum Gasteiger partial charge on any atom is -0.355 e. The van der Waals surface area contributed by atoms with E-state index in [2.05, 4.69) is 15.6 Å². The Hall–Kier alpha value is -2.80. The van der Waals surface area contributed by atoms with Crippen molar-refractivity contribution in [3.63, 3.8) is 0 Å². The maximum Gasteiger partial charge on any atom is 0.253 e. The lowest BCUT2D eigenvalue weighted by molar-refractivity contribution is -0.116. The summed E-state index contributed by atoms with van der Waals surface area (Å²) < 4.78 is 1.92. The lowest BCUT2D eigenvalue weighted by atomic mass is 10.1. The van der Waals surface area contributed by atoms with Gasteiger partial charge in [-0.2, -0.15) is 11.8 Å². The van der Waals surface area contributed by atoms with Gasteiger partial charge < -0.3 is 15.2 Å². The van der Waals surface area contributed by atoms with Gasteiger partial charge >= 0.3 is 0 Å². The molecule has 3 rings (SSSR count). The normalized spacial score (nSPS) is 10.7. The van der Waals surface area contributed by atoms with E-state index >= 15 is 0 Å². The number of nitrogens with zero attached hydrogens (tertiary/aromatic N) is 2. The first kappa shape index (κ1) is 18.0. The number of hydrogen-bond donors (Lipinski definition) is 2. The Morgan fingerprint density at radius 2 is 1.85 bits per heavy atom. The molecule has 0 atom stereocenters. The number of amides is 2. The molecule has 1 heterocycles. The summed E-state index contributed by atoms with van der Waals surface area (Å²) in [4.78, 5) is 29.2. The molecule has 26 heavy (non-hydrogen) atoms. The monoisotopic (exact) mass is 368 g/mol. The zero-order valence-electron chi connectivity index (χ0n) is 14.7. The van der Waals surface area contributed by atoms with Gasteiger partial charge in [0, 0.05) is 7.05 Å². The SMILES string of the molecule is CNC(=O)c1ccccc1NC(=O)Cn1c(CSC)nc2ccccc21. The van der Waals surface area contributed by atoms with Crippen LogP contribution < -0.4 is 10.6 Å². The van der Waals surface area contributed by atoms with Crippen molar-refractivity contribution >= 4 is 40.3 Å². The number of imidazole rings is 1. The molecular formula is C19H20N4O2S. The number of hydrogen-bond acceptors (Lipinski definition) is 4. The van der Waals surface area contributed by atoms with Gasteiger partial charge in [-0.25, -0.2) is 4.98 Å². The molecule has 2 N–H and O–H groups in total. The highest BCUT2D eigenvalue weighted by Crippen LogP contribution is 2.20. The Balaban J connectivity index is 1.86. The topological polar surface area (TPSA) is 76.0 Å². The van der Waals surface area contributed by atoms with Crippen molar-refractivity contribution in [2.75, 3.05) is 18.6 Å². The molecule has 0 aliphatic carbocycles. The van der Waals surface area contributed by atoms with E-state index in [1.807, 2.05) is 35.1 Å². The lowest BCUT2D eigenvalue weighted by Gasteiger charge is -2.12. The molecule has 3 aromatic rings. The summed E-state index contributed by atoms with van der Waals surface area (Å²) in [5, 5.41) is 5.43. The first-order valence-electron chi connectivity index (χ1n) is 8.18. The van der Waals surface area contributed by atoms with Crippen LogP contribution in [0.15, 0.2) is 48.5 Å². The Morgan fingerprint density at radius 1 is 1.12 bits per heavy atom. The van der Waals surface area contributed by atoms with Gasteiger partial charge in [-0.1, -0.05) is 24.3 Å².